The molecule has 0 saturated carbocycles. The largest absolute Gasteiger partial charge is 0.342 e. The molecule has 1 heterocycles. The highest BCUT2D eigenvalue weighted by molar-refractivity contribution is 5.63. The molecule has 0 fully saturated rings. The Morgan fingerprint density at radius 1 is 1.29 bits per heavy atom. The van der Waals surface area contributed by atoms with Crippen molar-refractivity contribution in [2.45, 2.75) is 19.8 Å². The van der Waals surface area contributed by atoms with Gasteiger partial charge in [0.1, 0.15) is 0 Å². The number of allylic oxidation sites excluding steroid dienone is 8. The zero-order valence-corrected chi connectivity index (χ0v) is 14.2. The molecule has 1 unspecified atom stereocenters. The lowest BCUT2D eigenvalue weighted by Crippen LogP contribution is -2.27. The number of terminal acetylenes is 1. The van der Waals surface area contributed by atoms with Gasteiger partial charge in [0, 0.05) is 30.3 Å². The first kappa shape index (κ1) is 16.1. The maximum absolute atomic E-state index is 5.47. The minimum absolute atomic E-state index is 0.467. The quantitative estimate of drug-likeness (QED) is 0.679. The minimum Gasteiger partial charge on any atom is -0.342 e. The fourth-order valence-corrected chi connectivity index (χ4v) is 3.16. The Bertz CT molecular complexity index is 766. The van der Waals surface area contributed by atoms with Crippen molar-refractivity contribution in [3.63, 3.8) is 0 Å². The lowest BCUT2D eigenvalue weighted by atomic mass is 9.95. The highest BCUT2D eigenvalue weighted by atomic mass is 15.1. The van der Waals surface area contributed by atoms with E-state index in [4.69, 9.17) is 6.42 Å². The molecule has 2 bridgehead atoms. The molecule has 1 aliphatic heterocycles. The van der Waals surface area contributed by atoms with Gasteiger partial charge in [-0.15, -0.1) is 12.3 Å². The number of fused-ring (bicyclic) bond motifs is 1. The van der Waals surface area contributed by atoms with E-state index < -0.39 is 0 Å². The molecule has 1 aromatic carbocycles. The van der Waals surface area contributed by atoms with Gasteiger partial charge >= 0.3 is 0 Å². The summed E-state index contributed by atoms with van der Waals surface area (Å²) in [6, 6.07) is 10.5. The van der Waals surface area contributed by atoms with Gasteiger partial charge < -0.3 is 4.90 Å². The summed E-state index contributed by atoms with van der Waals surface area (Å²) in [5, 5.41) is 0. The van der Waals surface area contributed by atoms with Gasteiger partial charge in [-0.25, -0.2) is 0 Å². The second kappa shape index (κ2) is 7.70. The maximum Gasteiger partial charge on any atom is 0.0414 e. The second-order valence-corrected chi connectivity index (χ2v) is 6.17. The van der Waals surface area contributed by atoms with E-state index in [1.54, 1.807) is 0 Å². The Balaban J connectivity index is 1.85. The molecule has 0 aromatic heterocycles. The summed E-state index contributed by atoms with van der Waals surface area (Å²) in [6.07, 6.45) is 22.7. The van der Waals surface area contributed by atoms with Crippen LogP contribution in [0.3, 0.4) is 0 Å². The van der Waals surface area contributed by atoms with E-state index in [-0.39, 0.29) is 0 Å². The minimum atomic E-state index is 0.467. The van der Waals surface area contributed by atoms with E-state index >= 15 is 0 Å². The van der Waals surface area contributed by atoms with Crippen LogP contribution >= 0.6 is 0 Å². The highest BCUT2D eigenvalue weighted by Gasteiger charge is 2.21. The summed E-state index contributed by atoms with van der Waals surface area (Å²) in [4.78, 5) is 2.38. The van der Waals surface area contributed by atoms with E-state index in [1.807, 2.05) is 0 Å². The van der Waals surface area contributed by atoms with Crippen LogP contribution in [0.25, 0.3) is 5.57 Å². The molecule has 1 aliphatic carbocycles. The van der Waals surface area contributed by atoms with Crippen LogP contribution in [0.2, 0.25) is 0 Å². The average Bonchev–Trinajstić information content (AvgIpc) is 2.82. The summed E-state index contributed by atoms with van der Waals surface area (Å²) in [6.45, 7) is 3.03. The molecule has 120 valence electrons. The van der Waals surface area contributed by atoms with Crippen molar-refractivity contribution in [3.05, 3.63) is 89.8 Å². The van der Waals surface area contributed by atoms with Gasteiger partial charge in [0.15, 0.2) is 0 Å². The van der Waals surface area contributed by atoms with E-state index in [1.165, 1.54) is 22.5 Å². The Morgan fingerprint density at radius 2 is 2.12 bits per heavy atom. The number of hydrogen-bond donors (Lipinski definition) is 0. The van der Waals surface area contributed by atoms with Crippen LogP contribution in [0.4, 0.5) is 0 Å². The summed E-state index contributed by atoms with van der Waals surface area (Å²) >= 11 is 0. The van der Waals surface area contributed by atoms with Crippen LogP contribution in [-0.2, 0) is 0 Å². The first-order valence-electron chi connectivity index (χ1n) is 8.47. The predicted octanol–water partition coefficient (Wildman–Crippen LogP) is 5.33. The third-order valence-electron chi connectivity index (χ3n) is 4.49. The molecule has 1 heteroatoms. The molecule has 0 N–H and O–H groups in total. The number of nitrogens with zero attached hydrogens (tertiary/aromatic N) is 1. The van der Waals surface area contributed by atoms with Crippen molar-refractivity contribution in [1.29, 1.82) is 0 Å². The Kier molecular flexibility index (Phi) is 5.18. The third kappa shape index (κ3) is 3.78. The normalized spacial score (nSPS) is 21.4. The zero-order valence-electron chi connectivity index (χ0n) is 14.2. The van der Waals surface area contributed by atoms with Crippen LogP contribution in [0.1, 0.15) is 25.3 Å². The van der Waals surface area contributed by atoms with Crippen molar-refractivity contribution >= 4 is 5.57 Å². The van der Waals surface area contributed by atoms with Gasteiger partial charge in [-0.1, -0.05) is 66.8 Å². The molecule has 0 saturated heterocycles. The van der Waals surface area contributed by atoms with Crippen LogP contribution in [0, 0.1) is 18.3 Å². The SMILES string of the molecule is C#CC/C=C1\CC2C=CC=CC(=C2)N1C/C=C(\C)c1ccccc1. The molecule has 2 aliphatic rings. The number of benzene rings is 1. The summed E-state index contributed by atoms with van der Waals surface area (Å²) < 4.78 is 0. The molecular formula is C23H23N. The topological polar surface area (TPSA) is 3.24 Å². The maximum atomic E-state index is 5.47. The molecular weight excluding hydrogens is 290 g/mol. The van der Waals surface area contributed by atoms with Gasteiger partial charge in [-0.05, 0) is 30.6 Å². The second-order valence-electron chi connectivity index (χ2n) is 6.17. The molecule has 0 spiro atoms. The van der Waals surface area contributed by atoms with Crippen LogP contribution in [0.15, 0.2) is 84.3 Å². The molecule has 1 nitrogen and oxygen atoms in total. The Hall–Kier alpha value is -2.72. The van der Waals surface area contributed by atoms with Crippen molar-refractivity contribution in [2.24, 2.45) is 5.92 Å². The zero-order chi connectivity index (χ0) is 16.8. The van der Waals surface area contributed by atoms with Crippen molar-refractivity contribution in [1.82, 2.24) is 4.90 Å². The summed E-state index contributed by atoms with van der Waals surface area (Å²) in [5.41, 5.74) is 5.15. The molecule has 1 aromatic rings. The Morgan fingerprint density at radius 3 is 2.92 bits per heavy atom. The average molecular weight is 313 g/mol. The van der Waals surface area contributed by atoms with Crippen molar-refractivity contribution in [3.8, 4) is 12.3 Å². The van der Waals surface area contributed by atoms with Gasteiger partial charge in [-0.2, -0.15) is 0 Å². The monoisotopic (exact) mass is 313 g/mol. The molecule has 24 heavy (non-hydrogen) atoms. The van der Waals surface area contributed by atoms with Crippen LogP contribution in [-0.4, -0.2) is 11.4 Å². The van der Waals surface area contributed by atoms with E-state index in [2.05, 4.69) is 90.6 Å². The van der Waals surface area contributed by atoms with Crippen molar-refractivity contribution in [2.75, 3.05) is 6.54 Å². The molecule has 0 radical (unpaired) electrons. The van der Waals surface area contributed by atoms with Crippen molar-refractivity contribution < 1.29 is 0 Å². The first-order chi connectivity index (χ1) is 11.8. The predicted molar refractivity (Wildman–Crippen MR) is 103 cm³/mol. The lowest BCUT2D eigenvalue weighted by Gasteiger charge is -2.33. The van der Waals surface area contributed by atoms with Gasteiger partial charge in [0.2, 0.25) is 0 Å². The molecule has 1 atom stereocenters. The summed E-state index contributed by atoms with van der Waals surface area (Å²) in [5.74, 6) is 3.20. The first-order valence-corrected chi connectivity index (χ1v) is 8.47. The number of rotatable bonds is 4. The smallest absolute Gasteiger partial charge is 0.0414 e. The van der Waals surface area contributed by atoms with E-state index in [0.29, 0.717) is 12.3 Å². The van der Waals surface area contributed by atoms with Crippen LogP contribution in [0.5, 0.6) is 0 Å². The Labute approximate surface area is 145 Å². The van der Waals surface area contributed by atoms with E-state index in [9.17, 15) is 0 Å². The summed E-state index contributed by atoms with van der Waals surface area (Å²) in [7, 11) is 0. The van der Waals surface area contributed by atoms with Gasteiger partial charge in [-0.3, -0.25) is 0 Å². The van der Waals surface area contributed by atoms with E-state index in [0.717, 1.165) is 13.0 Å². The van der Waals surface area contributed by atoms with Gasteiger partial charge in [0.05, 0.1) is 0 Å². The van der Waals surface area contributed by atoms with Gasteiger partial charge in [0.25, 0.3) is 0 Å². The molecule has 0 amide bonds. The fraction of sp³-hybridized carbons (Fsp3) is 0.217. The van der Waals surface area contributed by atoms with Crippen LogP contribution < -0.4 is 0 Å². The lowest BCUT2D eigenvalue weighted by molar-refractivity contribution is 0.425. The number of hydrogen-bond acceptors (Lipinski definition) is 1. The highest BCUT2D eigenvalue weighted by Crippen LogP contribution is 2.32. The fourth-order valence-electron chi connectivity index (χ4n) is 3.16. The molecule has 3 rings (SSSR count). The standard InChI is InChI=1S/C23H23N/c1-3-4-13-22-17-20-10-8-9-14-23(18-20)24(22)16-15-19(2)21-11-6-5-7-12-21/h1,5-15,18,20H,4,16-17H2,2H3/b19-15+,22-13+. The third-order valence-corrected chi connectivity index (χ3v) is 4.49.